The van der Waals surface area contributed by atoms with Crippen LogP contribution in [0.5, 0.6) is 0 Å². The third-order valence-corrected chi connectivity index (χ3v) is 5.86. The van der Waals surface area contributed by atoms with Crippen molar-refractivity contribution in [3.63, 3.8) is 0 Å². The fourth-order valence-electron chi connectivity index (χ4n) is 4.51. The number of hydrogen-bond acceptors (Lipinski definition) is 3. The van der Waals surface area contributed by atoms with Crippen LogP contribution in [0.3, 0.4) is 0 Å². The summed E-state index contributed by atoms with van der Waals surface area (Å²) in [7, 11) is 0. The number of likely N-dealkylation sites (tertiary alicyclic amines) is 2. The van der Waals surface area contributed by atoms with E-state index < -0.39 is 0 Å². The van der Waals surface area contributed by atoms with E-state index in [1.165, 1.54) is 12.1 Å². The highest BCUT2D eigenvalue weighted by atomic mass is 19.1. The van der Waals surface area contributed by atoms with E-state index in [9.17, 15) is 14.0 Å². The van der Waals surface area contributed by atoms with Crippen molar-refractivity contribution in [3.8, 4) is 0 Å². The predicted octanol–water partition coefficient (Wildman–Crippen LogP) is 2.08. The highest BCUT2D eigenvalue weighted by molar-refractivity contribution is 5.79. The van der Waals surface area contributed by atoms with Crippen molar-refractivity contribution in [2.45, 2.75) is 26.3 Å². The van der Waals surface area contributed by atoms with Crippen molar-refractivity contribution in [3.05, 3.63) is 53.4 Å². The normalized spacial score (nSPS) is 24.3. The third-order valence-electron chi connectivity index (χ3n) is 5.86. The summed E-state index contributed by atoms with van der Waals surface area (Å²) in [6.07, 6.45) is 1.87. The van der Waals surface area contributed by atoms with E-state index >= 15 is 0 Å². The molecule has 1 aromatic carbocycles. The number of carbonyl (C=O) groups is 2. The van der Waals surface area contributed by atoms with Gasteiger partial charge in [0, 0.05) is 44.1 Å². The zero-order valence-electron chi connectivity index (χ0n) is 15.5. The molecule has 0 radical (unpaired) electrons. The molecule has 4 rings (SSSR count). The molecule has 0 spiro atoms. The van der Waals surface area contributed by atoms with Crippen LogP contribution in [0.2, 0.25) is 0 Å². The van der Waals surface area contributed by atoms with Crippen LogP contribution >= 0.6 is 0 Å². The number of H-pyrrole nitrogens is 1. The lowest BCUT2D eigenvalue weighted by molar-refractivity contribution is -0.131. The van der Waals surface area contributed by atoms with E-state index in [0.717, 1.165) is 17.0 Å². The van der Waals surface area contributed by atoms with Crippen molar-refractivity contribution in [2.24, 2.45) is 11.8 Å². The van der Waals surface area contributed by atoms with Crippen LogP contribution in [0.15, 0.2) is 30.6 Å². The number of rotatable bonds is 3. The summed E-state index contributed by atoms with van der Waals surface area (Å²) in [5.41, 5.74) is 2.47. The molecule has 2 amide bonds. The van der Waals surface area contributed by atoms with Crippen LogP contribution in [0.1, 0.15) is 29.9 Å². The van der Waals surface area contributed by atoms with Crippen molar-refractivity contribution in [2.75, 3.05) is 19.6 Å². The molecule has 2 saturated heterocycles. The molecule has 0 bridgehead atoms. The van der Waals surface area contributed by atoms with Gasteiger partial charge in [0.05, 0.1) is 24.5 Å². The highest BCUT2D eigenvalue weighted by Gasteiger charge is 2.49. The van der Waals surface area contributed by atoms with Gasteiger partial charge in [-0.15, -0.1) is 0 Å². The lowest BCUT2D eigenvalue weighted by Gasteiger charge is -2.29. The van der Waals surface area contributed by atoms with Crippen LogP contribution in [-0.2, 0) is 16.0 Å². The molecule has 0 unspecified atom stereocenters. The Morgan fingerprint density at radius 2 is 2.11 bits per heavy atom. The van der Waals surface area contributed by atoms with Gasteiger partial charge >= 0.3 is 0 Å². The lowest BCUT2D eigenvalue weighted by atomic mass is 9.89. The molecule has 3 atom stereocenters. The van der Waals surface area contributed by atoms with Crippen molar-refractivity contribution in [1.29, 1.82) is 0 Å². The van der Waals surface area contributed by atoms with Gasteiger partial charge in [-0.2, -0.15) is 0 Å². The first-order valence-electron chi connectivity index (χ1n) is 9.23. The molecule has 0 saturated carbocycles. The van der Waals surface area contributed by atoms with E-state index in [2.05, 4.69) is 9.97 Å². The van der Waals surface area contributed by atoms with Gasteiger partial charge in [0.25, 0.3) is 0 Å². The van der Waals surface area contributed by atoms with Crippen LogP contribution in [0.25, 0.3) is 0 Å². The highest BCUT2D eigenvalue weighted by Crippen LogP contribution is 2.45. The lowest BCUT2D eigenvalue weighted by Crippen LogP contribution is -2.37. The maximum atomic E-state index is 13.8. The maximum Gasteiger partial charge on any atom is 0.228 e. The Bertz CT molecular complexity index is 880. The molecule has 142 valence electrons. The Kier molecular flexibility index (Phi) is 4.45. The number of hydrogen-bond donors (Lipinski definition) is 1. The minimum Gasteiger partial charge on any atom is -0.348 e. The van der Waals surface area contributed by atoms with Gasteiger partial charge in [-0.1, -0.05) is 12.1 Å². The number of amides is 2. The third kappa shape index (κ3) is 3.22. The maximum absolute atomic E-state index is 13.8. The van der Waals surface area contributed by atoms with Crippen LogP contribution in [0, 0.1) is 24.6 Å². The number of aryl methyl sites for hydroxylation is 1. The zero-order valence-corrected chi connectivity index (χ0v) is 15.5. The number of benzene rings is 1. The van der Waals surface area contributed by atoms with Gasteiger partial charge in [0.15, 0.2) is 0 Å². The molecule has 2 aliphatic heterocycles. The Balaban J connectivity index is 1.54. The summed E-state index contributed by atoms with van der Waals surface area (Å²) in [6, 6.07) is 6.26. The van der Waals surface area contributed by atoms with E-state index in [1.54, 1.807) is 19.3 Å². The summed E-state index contributed by atoms with van der Waals surface area (Å²) in [5.74, 6) is 0.0707. The molecule has 3 heterocycles. The molecule has 2 aliphatic rings. The molecule has 2 aromatic rings. The van der Waals surface area contributed by atoms with Crippen LogP contribution < -0.4 is 0 Å². The van der Waals surface area contributed by atoms with Gasteiger partial charge in [0.2, 0.25) is 11.8 Å². The summed E-state index contributed by atoms with van der Waals surface area (Å²) in [6.45, 7) is 5.27. The topological polar surface area (TPSA) is 69.3 Å². The van der Waals surface area contributed by atoms with Gasteiger partial charge < -0.3 is 14.8 Å². The minimum atomic E-state index is -0.306. The standard InChI is InChI=1S/C20H23FN4O2/c1-12-18(23-11-22-12)7-19(27)24-8-15-9-25(13(2)26)20(17(15)10-24)14-4-3-5-16(21)6-14/h3-6,11,15,17,20H,7-10H2,1-2H3,(H,22,23)/t15-,17-,20-/m1/s1. The second-order valence-electron chi connectivity index (χ2n) is 7.54. The first-order valence-corrected chi connectivity index (χ1v) is 9.23. The Labute approximate surface area is 157 Å². The number of halogens is 1. The summed E-state index contributed by atoms with van der Waals surface area (Å²) in [5, 5.41) is 0. The Morgan fingerprint density at radius 1 is 1.30 bits per heavy atom. The van der Waals surface area contributed by atoms with Crippen molar-refractivity contribution in [1.82, 2.24) is 19.8 Å². The number of nitrogens with one attached hydrogen (secondary N) is 1. The van der Waals surface area contributed by atoms with Crippen molar-refractivity contribution < 1.29 is 14.0 Å². The molecule has 2 fully saturated rings. The summed E-state index contributed by atoms with van der Waals surface area (Å²) >= 11 is 0. The fraction of sp³-hybridized carbons (Fsp3) is 0.450. The largest absolute Gasteiger partial charge is 0.348 e. The van der Waals surface area contributed by atoms with Gasteiger partial charge in [-0.3, -0.25) is 9.59 Å². The minimum absolute atomic E-state index is 0.0105. The number of aromatic amines is 1. The number of aromatic nitrogens is 2. The molecule has 1 N–H and O–H groups in total. The van der Waals surface area contributed by atoms with Crippen LogP contribution in [0.4, 0.5) is 4.39 Å². The van der Waals surface area contributed by atoms with Crippen LogP contribution in [-0.4, -0.2) is 51.2 Å². The average molecular weight is 370 g/mol. The quantitative estimate of drug-likeness (QED) is 0.899. The first kappa shape index (κ1) is 17.7. The first-order chi connectivity index (χ1) is 12.9. The predicted molar refractivity (Wildman–Crippen MR) is 97.1 cm³/mol. The summed E-state index contributed by atoms with van der Waals surface area (Å²) in [4.78, 5) is 35.8. The molecule has 0 aliphatic carbocycles. The number of carbonyl (C=O) groups excluding carboxylic acids is 2. The number of nitrogens with zero attached hydrogens (tertiary/aromatic N) is 3. The molecule has 7 heteroatoms. The van der Waals surface area contributed by atoms with E-state index in [0.29, 0.717) is 19.6 Å². The van der Waals surface area contributed by atoms with Gasteiger partial charge in [0.1, 0.15) is 5.82 Å². The van der Waals surface area contributed by atoms with E-state index in [-0.39, 0.29) is 41.9 Å². The number of fused-ring (bicyclic) bond motifs is 1. The molecule has 27 heavy (non-hydrogen) atoms. The van der Waals surface area contributed by atoms with Gasteiger partial charge in [-0.05, 0) is 24.6 Å². The van der Waals surface area contributed by atoms with Crippen molar-refractivity contribution >= 4 is 11.8 Å². The monoisotopic (exact) mass is 370 g/mol. The summed E-state index contributed by atoms with van der Waals surface area (Å²) < 4.78 is 13.8. The second-order valence-corrected chi connectivity index (χ2v) is 7.54. The Morgan fingerprint density at radius 3 is 2.78 bits per heavy atom. The van der Waals surface area contributed by atoms with E-state index in [4.69, 9.17) is 0 Å². The van der Waals surface area contributed by atoms with E-state index in [1.807, 2.05) is 22.8 Å². The smallest absolute Gasteiger partial charge is 0.228 e. The van der Waals surface area contributed by atoms with Gasteiger partial charge in [-0.25, -0.2) is 9.37 Å². The average Bonchev–Trinajstić information content (AvgIpc) is 3.29. The molecular formula is C20H23FN4O2. The SMILES string of the molecule is CC(=O)N1C[C@H]2CN(C(=O)Cc3nc[nH]c3C)C[C@H]2[C@H]1c1cccc(F)c1. The molecule has 1 aromatic heterocycles. The Hall–Kier alpha value is -2.70. The molecule has 6 nitrogen and oxygen atoms in total. The zero-order chi connectivity index (χ0) is 19.1. The fourth-order valence-corrected chi connectivity index (χ4v) is 4.51. The molecular weight excluding hydrogens is 347 g/mol. The number of imidazole rings is 1. The second kappa shape index (κ2) is 6.79.